The minimum Gasteiger partial charge on any atom is -0.493 e. The number of hydrogen-bond acceptors (Lipinski definition) is 8. The second-order valence-corrected chi connectivity index (χ2v) is 9.05. The van der Waals surface area contributed by atoms with Gasteiger partial charge >= 0.3 is 0 Å². The molecule has 3 aromatic carbocycles. The number of anilines is 2. The molecule has 0 saturated carbocycles. The number of carbonyl (C=O) groups is 1. The number of methoxy groups -OCH3 is 1. The highest BCUT2D eigenvalue weighted by molar-refractivity contribution is 7.14. The molecule has 0 spiro atoms. The first-order valence-corrected chi connectivity index (χ1v) is 12.3. The van der Waals surface area contributed by atoms with Crippen molar-refractivity contribution >= 4 is 45.9 Å². The first kappa shape index (κ1) is 25.7. The number of thiazole rings is 1. The molecule has 0 aliphatic carbocycles. The topological polar surface area (TPSA) is 109 Å². The van der Waals surface area contributed by atoms with Crippen LogP contribution < -0.4 is 20.2 Å². The Bertz CT molecular complexity index is 1460. The molecule has 0 unspecified atom stereocenters. The van der Waals surface area contributed by atoms with Gasteiger partial charge in [0.1, 0.15) is 6.07 Å². The summed E-state index contributed by atoms with van der Waals surface area (Å²) in [6.45, 7) is 1.88. The highest BCUT2D eigenvalue weighted by Crippen LogP contribution is 2.36. The summed E-state index contributed by atoms with van der Waals surface area (Å²) in [4.78, 5) is 17.2. The first-order valence-electron chi connectivity index (χ1n) is 11.1. The fourth-order valence-electron chi connectivity index (χ4n) is 3.31. The third-order valence-electron chi connectivity index (χ3n) is 5.16. The lowest BCUT2D eigenvalue weighted by molar-refractivity contribution is 0.0955. The van der Waals surface area contributed by atoms with Gasteiger partial charge in [-0.15, -0.1) is 11.3 Å². The van der Waals surface area contributed by atoms with Crippen molar-refractivity contribution in [2.75, 3.05) is 19.0 Å². The molecule has 1 amide bonds. The molecule has 10 heteroatoms. The van der Waals surface area contributed by atoms with Gasteiger partial charge in [0.15, 0.2) is 23.2 Å². The number of carbonyl (C=O) groups excluding carboxylic acids is 1. The van der Waals surface area contributed by atoms with Gasteiger partial charge in [-0.25, -0.2) is 10.4 Å². The van der Waals surface area contributed by atoms with E-state index in [1.807, 2.05) is 54.8 Å². The van der Waals surface area contributed by atoms with Gasteiger partial charge < -0.3 is 14.8 Å². The van der Waals surface area contributed by atoms with Crippen molar-refractivity contribution in [1.82, 2.24) is 10.4 Å². The number of nitrogens with one attached hydrogen (secondary N) is 2. The van der Waals surface area contributed by atoms with Gasteiger partial charge in [0.2, 0.25) is 0 Å². The van der Waals surface area contributed by atoms with Crippen LogP contribution in [0.1, 0.15) is 21.5 Å². The van der Waals surface area contributed by atoms with E-state index in [0.717, 1.165) is 22.1 Å². The van der Waals surface area contributed by atoms with Crippen molar-refractivity contribution in [2.24, 2.45) is 5.10 Å². The van der Waals surface area contributed by atoms with E-state index in [1.165, 1.54) is 30.2 Å². The fraction of sp³-hybridized carbons (Fsp3) is 0.111. The van der Waals surface area contributed by atoms with Crippen molar-refractivity contribution in [3.05, 3.63) is 87.8 Å². The van der Waals surface area contributed by atoms with Crippen molar-refractivity contribution in [1.29, 1.82) is 5.26 Å². The van der Waals surface area contributed by atoms with Crippen LogP contribution in [0, 0.1) is 18.3 Å². The van der Waals surface area contributed by atoms with Gasteiger partial charge in [0.05, 0.1) is 24.0 Å². The minimum atomic E-state index is -0.366. The van der Waals surface area contributed by atoms with Crippen LogP contribution in [-0.2, 0) is 0 Å². The maximum Gasteiger partial charge on any atom is 0.271 e. The van der Waals surface area contributed by atoms with E-state index in [0.29, 0.717) is 16.9 Å². The van der Waals surface area contributed by atoms with Gasteiger partial charge in [0.25, 0.3) is 5.91 Å². The minimum absolute atomic E-state index is 0.160. The number of halogens is 1. The van der Waals surface area contributed by atoms with E-state index in [2.05, 4.69) is 20.8 Å². The Balaban J connectivity index is 1.37. The standard InChI is InChI=1S/C27H22ClN5O3S/c1-17-3-9-21(10-4-17)31-27-32-23(16-37-27)19-5-7-20(8-6-19)26(34)33-30-15-18-13-22(28)25(36-12-11-29)24(14-18)35-2/h3-10,13-16H,12H2,1-2H3,(H,31,32)(H,33,34)/b30-15-. The normalized spacial score (nSPS) is 10.6. The summed E-state index contributed by atoms with van der Waals surface area (Å²) in [6, 6.07) is 20.3. The zero-order valence-corrected chi connectivity index (χ0v) is 21.6. The van der Waals surface area contributed by atoms with E-state index >= 15 is 0 Å². The van der Waals surface area contributed by atoms with Gasteiger partial charge in [-0.2, -0.15) is 10.4 Å². The molecular formula is C27H22ClN5O3S. The summed E-state index contributed by atoms with van der Waals surface area (Å²) in [5.74, 6) is 0.255. The van der Waals surface area contributed by atoms with E-state index < -0.39 is 0 Å². The summed E-state index contributed by atoms with van der Waals surface area (Å²) >= 11 is 7.74. The molecule has 0 aliphatic rings. The third-order valence-corrected chi connectivity index (χ3v) is 6.20. The molecule has 0 atom stereocenters. The van der Waals surface area contributed by atoms with E-state index in [9.17, 15) is 4.79 Å². The largest absolute Gasteiger partial charge is 0.493 e. The molecule has 0 aliphatic heterocycles. The second-order valence-electron chi connectivity index (χ2n) is 7.79. The van der Waals surface area contributed by atoms with Crippen LogP contribution in [-0.4, -0.2) is 30.8 Å². The summed E-state index contributed by atoms with van der Waals surface area (Å²) in [5, 5.41) is 19.0. The lowest BCUT2D eigenvalue weighted by atomic mass is 10.1. The lowest BCUT2D eigenvalue weighted by Crippen LogP contribution is -2.17. The number of amides is 1. The number of nitriles is 1. The Morgan fingerprint density at radius 3 is 2.65 bits per heavy atom. The van der Waals surface area contributed by atoms with Gasteiger partial charge in [0, 0.05) is 22.2 Å². The smallest absolute Gasteiger partial charge is 0.271 e. The highest BCUT2D eigenvalue weighted by atomic mass is 35.5. The number of ether oxygens (including phenoxy) is 2. The first-order chi connectivity index (χ1) is 18.0. The summed E-state index contributed by atoms with van der Waals surface area (Å²) < 4.78 is 10.6. The molecule has 8 nitrogen and oxygen atoms in total. The number of hydrogen-bond donors (Lipinski definition) is 2. The average molecular weight is 532 g/mol. The van der Waals surface area contributed by atoms with Crippen LogP contribution in [0.4, 0.5) is 10.8 Å². The van der Waals surface area contributed by atoms with Crippen LogP contribution in [0.15, 0.2) is 71.1 Å². The number of aromatic nitrogens is 1. The van der Waals surface area contributed by atoms with Gasteiger partial charge in [-0.1, -0.05) is 41.4 Å². The number of rotatable bonds is 9. The number of hydrazone groups is 1. The van der Waals surface area contributed by atoms with E-state index in [-0.39, 0.29) is 23.3 Å². The Morgan fingerprint density at radius 1 is 1.19 bits per heavy atom. The van der Waals surface area contributed by atoms with Gasteiger partial charge in [-0.05, 0) is 48.9 Å². The Labute approximate surface area is 223 Å². The van der Waals surface area contributed by atoms with Crippen LogP contribution >= 0.6 is 22.9 Å². The molecule has 0 bridgehead atoms. The van der Waals surface area contributed by atoms with Crippen molar-refractivity contribution in [3.8, 4) is 28.8 Å². The van der Waals surface area contributed by atoms with Crippen molar-refractivity contribution in [2.45, 2.75) is 6.92 Å². The monoisotopic (exact) mass is 531 g/mol. The molecule has 0 radical (unpaired) electrons. The zero-order valence-electron chi connectivity index (χ0n) is 20.0. The quantitative estimate of drug-likeness (QED) is 0.197. The Morgan fingerprint density at radius 2 is 1.95 bits per heavy atom. The molecule has 2 N–H and O–H groups in total. The third kappa shape index (κ3) is 6.64. The molecule has 4 aromatic rings. The van der Waals surface area contributed by atoms with Crippen LogP contribution in [0.25, 0.3) is 11.3 Å². The Hall–Kier alpha value is -4.39. The van der Waals surface area contributed by atoms with Crippen LogP contribution in [0.5, 0.6) is 11.5 Å². The SMILES string of the molecule is COc1cc(/C=N\NC(=O)c2ccc(-c3csc(Nc4ccc(C)cc4)n3)cc2)cc(Cl)c1OCC#N. The van der Waals surface area contributed by atoms with Crippen LogP contribution in [0.3, 0.4) is 0 Å². The predicted molar refractivity (Wildman–Crippen MR) is 146 cm³/mol. The predicted octanol–water partition coefficient (Wildman–Crippen LogP) is 6.19. The average Bonchev–Trinajstić information content (AvgIpc) is 3.37. The number of aryl methyl sites for hydroxylation is 1. The van der Waals surface area contributed by atoms with E-state index in [4.69, 9.17) is 26.3 Å². The molecule has 1 aromatic heterocycles. The summed E-state index contributed by atoms with van der Waals surface area (Å²) in [6.07, 6.45) is 1.44. The van der Waals surface area contributed by atoms with Crippen molar-refractivity contribution < 1.29 is 14.3 Å². The summed E-state index contributed by atoms with van der Waals surface area (Å²) in [5.41, 5.74) is 7.41. The molecule has 1 heterocycles. The molecular weight excluding hydrogens is 510 g/mol. The number of benzene rings is 3. The summed E-state index contributed by atoms with van der Waals surface area (Å²) in [7, 11) is 1.46. The molecule has 37 heavy (non-hydrogen) atoms. The van der Waals surface area contributed by atoms with Crippen molar-refractivity contribution in [3.63, 3.8) is 0 Å². The molecule has 4 rings (SSSR count). The number of nitrogens with zero attached hydrogens (tertiary/aromatic N) is 3. The van der Waals surface area contributed by atoms with Crippen LogP contribution in [0.2, 0.25) is 5.02 Å². The second kappa shape index (κ2) is 12.0. The van der Waals surface area contributed by atoms with E-state index in [1.54, 1.807) is 24.3 Å². The molecule has 186 valence electrons. The highest BCUT2D eigenvalue weighted by Gasteiger charge is 2.12. The Kier molecular flexibility index (Phi) is 8.36. The maximum absolute atomic E-state index is 12.5. The van der Waals surface area contributed by atoms with Gasteiger partial charge in [-0.3, -0.25) is 4.79 Å². The maximum atomic E-state index is 12.5. The lowest BCUT2D eigenvalue weighted by Gasteiger charge is -2.11. The fourth-order valence-corrected chi connectivity index (χ4v) is 4.32. The molecule has 0 saturated heterocycles. The zero-order chi connectivity index (χ0) is 26.2. The molecule has 0 fully saturated rings.